The van der Waals surface area contributed by atoms with E-state index in [-0.39, 0.29) is 19.5 Å². The molecule has 1 amide bonds. The Bertz CT molecular complexity index is 171. The summed E-state index contributed by atoms with van der Waals surface area (Å²) in [7, 11) is 0. The molecule has 0 aliphatic rings. The molecule has 6 nitrogen and oxygen atoms in total. The molecule has 0 heterocycles. The minimum absolute atomic E-state index is 0.0966. The highest BCUT2D eigenvalue weighted by atomic mass is 16.4. The van der Waals surface area contributed by atoms with Gasteiger partial charge in [0.1, 0.15) is 0 Å². The standard InChI is InChI=1S/C6H13N3O3/c7-3-9-4(6(8)12)1-2-5(10)11/h4,9H,1-3,7H2,(H2,8,12)(H,10,11). The van der Waals surface area contributed by atoms with Crippen LogP contribution >= 0.6 is 0 Å². The van der Waals surface area contributed by atoms with Crippen LogP contribution in [0.2, 0.25) is 0 Å². The van der Waals surface area contributed by atoms with Gasteiger partial charge in [0.15, 0.2) is 0 Å². The highest BCUT2D eigenvalue weighted by Gasteiger charge is 2.14. The number of hydrogen-bond donors (Lipinski definition) is 4. The molecule has 0 aromatic carbocycles. The maximum Gasteiger partial charge on any atom is 0.303 e. The van der Waals surface area contributed by atoms with E-state index < -0.39 is 17.9 Å². The molecule has 0 aliphatic heterocycles. The number of carbonyl (C=O) groups is 2. The zero-order valence-corrected chi connectivity index (χ0v) is 6.62. The largest absolute Gasteiger partial charge is 0.481 e. The fourth-order valence-electron chi connectivity index (χ4n) is 0.755. The first-order valence-electron chi connectivity index (χ1n) is 3.52. The summed E-state index contributed by atoms with van der Waals surface area (Å²) in [6.45, 7) is 0.104. The van der Waals surface area contributed by atoms with Crippen molar-refractivity contribution in [1.82, 2.24) is 5.32 Å². The quantitative estimate of drug-likeness (QED) is 0.355. The maximum atomic E-state index is 10.6. The van der Waals surface area contributed by atoms with Crippen LogP contribution in [0.25, 0.3) is 0 Å². The minimum atomic E-state index is -0.958. The van der Waals surface area contributed by atoms with E-state index in [4.69, 9.17) is 16.6 Å². The van der Waals surface area contributed by atoms with Gasteiger partial charge in [0.25, 0.3) is 0 Å². The van der Waals surface area contributed by atoms with Gasteiger partial charge in [-0.15, -0.1) is 0 Å². The summed E-state index contributed by atoms with van der Waals surface area (Å²) in [6.07, 6.45) is 0.0719. The summed E-state index contributed by atoms with van der Waals surface area (Å²) in [5, 5.41) is 10.9. The average molecular weight is 175 g/mol. The van der Waals surface area contributed by atoms with E-state index in [0.717, 1.165) is 0 Å². The first-order valence-corrected chi connectivity index (χ1v) is 3.52. The smallest absolute Gasteiger partial charge is 0.303 e. The third-order valence-electron chi connectivity index (χ3n) is 1.35. The number of carboxylic acids is 1. The van der Waals surface area contributed by atoms with E-state index in [9.17, 15) is 9.59 Å². The zero-order valence-electron chi connectivity index (χ0n) is 6.62. The monoisotopic (exact) mass is 175 g/mol. The highest BCUT2D eigenvalue weighted by molar-refractivity contribution is 5.80. The van der Waals surface area contributed by atoms with Crippen molar-refractivity contribution in [1.29, 1.82) is 0 Å². The van der Waals surface area contributed by atoms with Gasteiger partial charge in [-0.2, -0.15) is 0 Å². The summed E-state index contributed by atoms with van der Waals surface area (Å²) < 4.78 is 0. The number of rotatable bonds is 6. The Labute approximate surface area is 69.9 Å². The molecule has 6 heteroatoms. The third kappa shape index (κ3) is 4.64. The molecular weight excluding hydrogens is 162 g/mol. The van der Waals surface area contributed by atoms with Gasteiger partial charge in [0.2, 0.25) is 5.91 Å². The van der Waals surface area contributed by atoms with Crippen LogP contribution in [0.15, 0.2) is 0 Å². The number of aliphatic carboxylic acids is 1. The Hall–Kier alpha value is -1.14. The number of hydrogen-bond acceptors (Lipinski definition) is 4. The van der Waals surface area contributed by atoms with Crippen LogP contribution in [0, 0.1) is 0 Å². The van der Waals surface area contributed by atoms with Crippen molar-refractivity contribution < 1.29 is 14.7 Å². The lowest BCUT2D eigenvalue weighted by molar-refractivity contribution is -0.137. The topological polar surface area (TPSA) is 118 Å². The molecule has 0 bridgehead atoms. The molecule has 1 unspecified atom stereocenters. The van der Waals surface area contributed by atoms with Crippen molar-refractivity contribution in [3.63, 3.8) is 0 Å². The Morgan fingerprint density at radius 2 is 2.08 bits per heavy atom. The van der Waals surface area contributed by atoms with Gasteiger partial charge in [-0.25, -0.2) is 0 Å². The molecule has 0 saturated carbocycles. The van der Waals surface area contributed by atoms with Crippen molar-refractivity contribution in [2.75, 3.05) is 6.67 Å². The van der Waals surface area contributed by atoms with E-state index >= 15 is 0 Å². The van der Waals surface area contributed by atoms with Crippen molar-refractivity contribution in [3.8, 4) is 0 Å². The van der Waals surface area contributed by atoms with E-state index in [1.54, 1.807) is 0 Å². The molecule has 0 fully saturated rings. The molecule has 0 aromatic rings. The van der Waals surface area contributed by atoms with E-state index in [1.807, 2.05) is 0 Å². The molecule has 12 heavy (non-hydrogen) atoms. The van der Waals surface area contributed by atoms with Gasteiger partial charge in [-0.3, -0.25) is 14.9 Å². The van der Waals surface area contributed by atoms with Crippen molar-refractivity contribution in [2.24, 2.45) is 11.5 Å². The molecule has 70 valence electrons. The zero-order chi connectivity index (χ0) is 9.56. The normalized spacial score (nSPS) is 12.4. The minimum Gasteiger partial charge on any atom is -0.481 e. The molecule has 6 N–H and O–H groups in total. The second-order valence-corrected chi connectivity index (χ2v) is 2.30. The first kappa shape index (κ1) is 10.9. The van der Waals surface area contributed by atoms with Crippen LogP contribution in [-0.4, -0.2) is 29.7 Å². The van der Waals surface area contributed by atoms with Crippen molar-refractivity contribution >= 4 is 11.9 Å². The van der Waals surface area contributed by atoms with Crippen LogP contribution < -0.4 is 16.8 Å². The highest BCUT2D eigenvalue weighted by Crippen LogP contribution is 1.95. The molecular formula is C6H13N3O3. The number of amides is 1. The summed E-state index contributed by atoms with van der Waals surface area (Å²) in [6, 6.07) is -0.647. The summed E-state index contributed by atoms with van der Waals surface area (Å²) >= 11 is 0. The average Bonchev–Trinajstić information content (AvgIpc) is 1.96. The first-order chi connectivity index (χ1) is 5.57. The lowest BCUT2D eigenvalue weighted by Gasteiger charge is -2.11. The Morgan fingerprint density at radius 3 is 2.42 bits per heavy atom. The number of primary amides is 1. The van der Waals surface area contributed by atoms with Crippen LogP contribution in [0.3, 0.4) is 0 Å². The molecule has 0 rings (SSSR count). The Balaban J connectivity index is 3.79. The van der Waals surface area contributed by atoms with Crippen molar-refractivity contribution in [3.05, 3.63) is 0 Å². The fraction of sp³-hybridized carbons (Fsp3) is 0.667. The van der Waals surface area contributed by atoms with Gasteiger partial charge in [-0.1, -0.05) is 0 Å². The Kier molecular flexibility index (Phi) is 4.98. The number of carboxylic acid groups (broad SMARTS) is 1. The Morgan fingerprint density at radius 1 is 1.50 bits per heavy atom. The lowest BCUT2D eigenvalue weighted by Crippen LogP contribution is -2.44. The SMILES string of the molecule is NCNC(CCC(=O)O)C(N)=O. The fourth-order valence-corrected chi connectivity index (χ4v) is 0.755. The predicted molar refractivity (Wildman–Crippen MR) is 42.0 cm³/mol. The second kappa shape index (κ2) is 5.50. The van der Waals surface area contributed by atoms with Crippen LogP contribution in [0.4, 0.5) is 0 Å². The molecule has 1 atom stereocenters. The van der Waals surface area contributed by atoms with Gasteiger partial charge >= 0.3 is 5.97 Å². The third-order valence-corrected chi connectivity index (χ3v) is 1.35. The predicted octanol–water partition coefficient (Wildman–Crippen LogP) is -1.79. The van der Waals surface area contributed by atoms with E-state index in [2.05, 4.69) is 5.32 Å². The second-order valence-electron chi connectivity index (χ2n) is 2.30. The molecule has 0 aromatic heterocycles. The van der Waals surface area contributed by atoms with Crippen molar-refractivity contribution in [2.45, 2.75) is 18.9 Å². The van der Waals surface area contributed by atoms with Gasteiger partial charge < -0.3 is 16.6 Å². The summed E-state index contributed by atoms with van der Waals surface area (Å²) in [4.78, 5) is 20.7. The lowest BCUT2D eigenvalue weighted by atomic mass is 10.1. The van der Waals surface area contributed by atoms with Crippen LogP contribution in [0.5, 0.6) is 0 Å². The molecule has 0 saturated heterocycles. The summed E-state index contributed by atoms with van der Waals surface area (Å²) in [5.74, 6) is -1.54. The molecule has 0 radical (unpaired) electrons. The van der Waals surface area contributed by atoms with Gasteiger partial charge in [-0.05, 0) is 6.42 Å². The van der Waals surface area contributed by atoms with E-state index in [0.29, 0.717) is 0 Å². The maximum absolute atomic E-state index is 10.6. The van der Waals surface area contributed by atoms with Gasteiger partial charge in [0, 0.05) is 13.1 Å². The number of nitrogens with one attached hydrogen (secondary N) is 1. The number of nitrogens with two attached hydrogens (primary N) is 2. The van der Waals surface area contributed by atoms with E-state index in [1.165, 1.54) is 0 Å². The molecule has 0 spiro atoms. The summed E-state index contributed by atoms with van der Waals surface area (Å²) in [5.41, 5.74) is 10.1. The van der Waals surface area contributed by atoms with Crippen LogP contribution in [-0.2, 0) is 9.59 Å². The molecule has 0 aliphatic carbocycles. The number of carbonyl (C=O) groups excluding carboxylic acids is 1. The van der Waals surface area contributed by atoms with Gasteiger partial charge in [0.05, 0.1) is 6.04 Å². The van der Waals surface area contributed by atoms with Crippen LogP contribution in [0.1, 0.15) is 12.8 Å².